The first-order valence-electron chi connectivity index (χ1n) is 7.18. The van der Waals surface area contributed by atoms with E-state index in [0.717, 1.165) is 21.8 Å². The molecule has 5 heteroatoms. The van der Waals surface area contributed by atoms with Crippen molar-refractivity contribution < 1.29 is 4.79 Å². The Balaban J connectivity index is 1.56. The van der Waals surface area contributed by atoms with E-state index in [-0.39, 0.29) is 12.3 Å². The van der Waals surface area contributed by atoms with Gasteiger partial charge in [-0.15, -0.1) is 11.3 Å². The molecule has 0 radical (unpaired) electrons. The summed E-state index contributed by atoms with van der Waals surface area (Å²) in [5.74, 6) is -0.175. The van der Waals surface area contributed by atoms with Gasteiger partial charge in [-0.1, -0.05) is 60.7 Å². The number of amides is 1. The molecule has 0 saturated carbocycles. The van der Waals surface area contributed by atoms with Gasteiger partial charge in [0.2, 0.25) is 5.91 Å². The van der Waals surface area contributed by atoms with E-state index in [4.69, 9.17) is 0 Å². The topological polar surface area (TPSA) is 54.4 Å². The molecule has 1 aromatic heterocycles. The molecule has 0 spiro atoms. The maximum absolute atomic E-state index is 11.9. The van der Waals surface area contributed by atoms with E-state index in [1.807, 2.05) is 66.0 Å². The third kappa shape index (κ3) is 4.34. The van der Waals surface area contributed by atoms with Crippen LogP contribution in [0.1, 0.15) is 10.6 Å². The lowest BCUT2D eigenvalue weighted by Gasteiger charge is -1.97. The molecule has 3 rings (SSSR count). The molecule has 114 valence electrons. The van der Waals surface area contributed by atoms with E-state index < -0.39 is 0 Å². The van der Waals surface area contributed by atoms with Crippen LogP contribution in [0.5, 0.6) is 0 Å². The number of carbonyl (C=O) groups excluding carboxylic acids is 1. The lowest BCUT2D eigenvalue weighted by molar-refractivity contribution is -0.120. The third-order valence-corrected chi connectivity index (χ3v) is 3.98. The summed E-state index contributed by atoms with van der Waals surface area (Å²) in [6.45, 7) is 0. The quantitative estimate of drug-likeness (QED) is 0.577. The number of hydrazone groups is 1. The molecule has 1 amide bonds. The average Bonchev–Trinajstić information content (AvgIpc) is 3.05. The Bertz CT molecular complexity index is 797. The predicted octanol–water partition coefficient (Wildman–Crippen LogP) is 3.50. The fraction of sp³-hybridized carbons (Fsp3) is 0.0556. The van der Waals surface area contributed by atoms with Crippen LogP contribution in [0.15, 0.2) is 71.1 Å². The molecule has 0 unspecified atom stereocenters. The molecular formula is C18H15N3OS. The summed E-state index contributed by atoms with van der Waals surface area (Å²) in [7, 11) is 0. The van der Waals surface area contributed by atoms with E-state index in [0.29, 0.717) is 0 Å². The minimum absolute atomic E-state index is 0.175. The van der Waals surface area contributed by atoms with Crippen LogP contribution >= 0.6 is 11.3 Å². The van der Waals surface area contributed by atoms with Crippen molar-refractivity contribution in [1.82, 2.24) is 10.4 Å². The smallest absolute Gasteiger partial charge is 0.246 e. The van der Waals surface area contributed by atoms with Gasteiger partial charge in [0.1, 0.15) is 5.01 Å². The molecule has 0 aliphatic heterocycles. The van der Waals surface area contributed by atoms with Crippen LogP contribution in [0.25, 0.3) is 11.3 Å². The highest BCUT2D eigenvalue weighted by Gasteiger charge is 2.08. The molecule has 0 bridgehead atoms. The SMILES string of the molecule is O=C(Cc1nc(-c2ccccc2)cs1)N/N=C\c1ccccc1. The highest BCUT2D eigenvalue weighted by Crippen LogP contribution is 2.21. The Morgan fingerprint density at radius 1 is 1.09 bits per heavy atom. The van der Waals surface area contributed by atoms with Crippen molar-refractivity contribution in [3.63, 3.8) is 0 Å². The number of thiazole rings is 1. The number of benzene rings is 2. The van der Waals surface area contributed by atoms with Gasteiger partial charge in [-0.05, 0) is 5.56 Å². The Hall–Kier alpha value is -2.79. The molecular weight excluding hydrogens is 306 g/mol. The zero-order valence-electron chi connectivity index (χ0n) is 12.3. The molecule has 2 aromatic carbocycles. The number of carbonyl (C=O) groups is 1. The minimum atomic E-state index is -0.175. The summed E-state index contributed by atoms with van der Waals surface area (Å²) < 4.78 is 0. The Labute approximate surface area is 138 Å². The fourth-order valence-corrected chi connectivity index (χ4v) is 2.83. The average molecular weight is 321 g/mol. The second-order valence-electron chi connectivity index (χ2n) is 4.87. The molecule has 0 aliphatic carbocycles. The van der Waals surface area contributed by atoms with Crippen LogP contribution in [0.3, 0.4) is 0 Å². The van der Waals surface area contributed by atoms with Crippen molar-refractivity contribution in [2.45, 2.75) is 6.42 Å². The van der Waals surface area contributed by atoms with Gasteiger partial charge in [-0.25, -0.2) is 10.4 Å². The van der Waals surface area contributed by atoms with Crippen molar-refractivity contribution >= 4 is 23.5 Å². The van der Waals surface area contributed by atoms with Crippen molar-refractivity contribution in [2.75, 3.05) is 0 Å². The van der Waals surface area contributed by atoms with Gasteiger partial charge in [-0.2, -0.15) is 5.10 Å². The summed E-state index contributed by atoms with van der Waals surface area (Å²) in [6.07, 6.45) is 1.85. The van der Waals surface area contributed by atoms with E-state index in [9.17, 15) is 4.79 Å². The van der Waals surface area contributed by atoms with E-state index >= 15 is 0 Å². The summed E-state index contributed by atoms with van der Waals surface area (Å²) in [4.78, 5) is 16.4. The van der Waals surface area contributed by atoms with Gasteiger partial charge in [0.05, 0.1) is 18.3 Å². The van der Waals surface area contributed by atoms with Crippen LogP contribution < -0.4 is 5.43 Å². The zero-order chi connectivity index (χ0) is 15.9. The summed E-state index contributed by atoms with van der Waals surface area (Å²) in [5.41, 5.74) is 5.41. The minimum Gasteiger partial charge on any atom is -0.273 e. The van der Waals surface area contributed by atoms with Gasteiger partial charge in [-0.3, -0.25) is 4.79 Å². The zero-order valence-corrected chi connectivity index (χ0v) is 13.2. The number of nitrogens with one attached hydrogen (secondary N) is 1. The first-order valence-corrected chi connectivity index (χ1v) is 8.06. The first-order chi connectivity index (χ1) is 11.3. The van der Waals surface area contributed by atoms with Crippen LogP contribution in [-0.2, 0) is 11.2 Å². The molecule has 1 N–H and O–H groups in total. The Morgan fingerprint density at radius 2 is 1.78 bits per heavy atom. The second kappa shape index (κ2) is 7.47. The highest BCUT2D eigenvalue weighted by molar-refractivity contribution is 7.10. The van der Waals surface area contributed by atoms with E-state index in [1.54, 1.807) is 6.21 Å². The number of hydrogen-bond donors (Lipinski definition) is 1. The molecule has 0 saturated heterocycles. The van der Waals surface area contributed by atoms with Gasteiger partial charge < -0.3 is 0 Å². The van der Waals surface area contributed by atoms with Crippen molar-refractivity contribution in [1.29, 1.82) is 0 Å². The van der Waals surface area contributed by atoms with Crippen molar-refractivity contribution in [2.24, 2.45) is 5.10 Å². The number of hydrogen-bond acceptors (Lipinski definition) is 4. The molecule has 1 heterocycles. The van der Waals surface area contributed by atoms with Crippen LogP contribution in [0.4, 0.5) is 0 Å². The predicted molar refractivity (Wildman–Crippen MR) is 93.4 cm³/mol. The summed E-state index contributed by atoms with van der Waals surface area (Å²) in [5, 5.41) is 6.69. The van der Waals surface area contributed by atoms with Crippen molar-refractivity contribution in [3.05, 3.63) is 76.6 Å². The van der Waals surface area contributed by atoms with Gasteiger partial charge in [0.25, 0.3) is 0 Å². The number of nitrogens with zero attached hydrogens (tertiary/aromatic N) is 2. The number of aromatic nitrogens is 1. The molecule has 0 aliphatic rings. The normalized spacial score (nSPS) is 10.8. The molecule has 3 aromatic rings. The maximum Gasteiger partial charge on any atom is 0.246 e. The van der Waals surface area contributed by atoms with Gasteiger partial charge >= 0.3 is 0 Å². The third-order valence-electron chi connectivity index (χ3n) is 3.14. The molecule has 4 nitrogen and oxygen atoms in total. The second-order valence-corrected chi connectivity index (χ2v) is 5.82. The summed E-state index contributed by atoms with van der Waals surface area (Å²) in [6, 6.07) is 19.5. The maximum atomic E-state index is 11.9. The monoisotopic (exact) mass is 321 g/mol. The van der Waals surface area contributed by atoms with Gasteiger partial charge in [0.15, 0.2) is 0 Å². The van der Waals surface area contributed by atoms with Gasteiger partial charge in [0, 0.05) is 10.9 Å². The fourth-order valence-electron chi connectivity index (χ4n) is 2.03. The first kappa shape index (κ1) is 15.1. The Morgan fingerprint density at radius 3 is 2.52 bits per heavy atom. The highest BCUT2D eigenvalue weighted by atomic mass is 32.1. The molecule has 0 fully saturated rings. The van der Waals surface area contributed by atoms with Crippen molar-refractivity contribution in [3.8, 4) is 11.3 Å². The van der Waals surface area contributed by atoms with Crippen LogP contribution in [0.2, 0.25) is 0 Å². The lowest BCUT2D eigenvalue weighted by atomic mass is 10.2. The molecule has 0 atom stereocenters. The van der Waals surface area contributed by atoms with Crippen LogP contribution in [0, 0.1) is 0 Å². The summed E-state index contributed by atoms with van der Waals surface area (Å²) >= 11 is 1.48. The van der Waals surface area contributed by atoms with Crippen LogP contribution in [-0.4, -0.2) is 17.1 Å². The number of rotatable bonds is 5. The van der Waals surface area contributed by atoms with E-state index in [1.165, 1.54) is 11.3 Å². The molecule has 23 heavy (non-hydrogen) atoms. The Kier molecular flexibility index (Phi) is 4.91. The van der Waals surface area contributed by atoms with E-state index in [2.05, 4.69) is 15.5 Å². The lowest BCUT2D eigenvalue weighted by Crippen LogP contribution is -2.19. The largest absolute Gasteiger partial charge is 0.273 e. The standard InChI is InChI=1S/C18H15N3OS/c22-17(21-19-12-14-7-3-1-4-8-14)11-18-20-16(13-23-18)15-9-5-2-6-10-15/h1-10,12-13H,11H2,(H,21,22)/b19-12-.